The van der Waals surface area contributed by atoms with Gasteiger partial charge >= 0.3 is 0 Å². The van der Waals surface area contributed by atoms with Crippen molar-refractivity contribution in [3.8, 4) is 5.69 Å². The molecule has 25 heavy (non-hydrogen) atoms. The molecule has 134 valence electrons. The van der Waals surface area contributed by atoms with Crippen LogP contribution in [0.15, 0.2) is 30.6 Å². The number of halogens is 3. The van der Waals surface area contributed by atoms with E-state index in [-0.39, 0.29) is 24.4 Å². The van der Waals surface area contributed by atoms with Gasteiger partial charge in [0.1, 0.15) is 0 Å². The molecule has 0 spiro atoms. The highest BCUT2D eigenvalue weighted by atomic mass is 35.5. The van der Waals surface area contributed by atoms with Gasteiger partial charge in [-0.15, -0.1) is 12.4 Å². The number of rotatable bonds is 2. The number of amides is 1. The molecule has 3 atom stereocenters. The van der Waals surface area contributed by atoms with Crippen molar-refractivity contribution < 1.29 is 4.79 Å². The number of hydrogen-bond donors (Lipinski definition) is 1. The van der Waals surface area contributed by atoms with Crippen molar-refractivity contribution >= 4 is 41.5 Å². The summed E-state index contributed by atoms with van der Waals surface area (Å²) in [6.45, 7) is 1.54. The van der Waals surface area contributed by atoms with E-state index in [0.717, 1.165) is 25.9 Å². The zero-order valence-electron chi connectivity index (χ0n) is 13.4. The van der Waals surface area contributed by atoms with E-state index in [2.05, 4.69) is 5.10 Å². The first-order valence-corrected chi connectivity index (χ1v) is 8.83. The van der Waals surface area contributed by atoms with Gasteiger partial charge < -0.3 is 10.6 Å². The van der Waals surface area contributed by atoms with Crippen molar-refractivity contribution in [2.75, 3.05) is 13.1 Å². The molecule has 2 heterocycles. The molecule has 1 saturated heterocycles. The maximum Gasteiger partial charge on any atom is 0.257 e. The molecule has 2 N–H and O–H groups in total. The van der Waals surface area contributed by atoms with Gasteiger partial charge in [-0.25, -0.2) is 4.68 Å². The van der Waals surface area contributed by atoms with Gasteiger partial charge in [0, 0.05) is 30.4 Å². The molecule has 8 heteroatoms. The van der Waals surface area contributed by atoms with E-state index < -0.39 is 0 Å². The summed E-state index contributed by atoms with van der Waals surface area (Å²) in [5, 5.41) is 5.33. The Labute approximate surface area is 162 Å². The SMILES string of the molecule is Cl.NC1CCC2CN(C(=O)c3cnn(-c4ccc(Cl)cc4Cl)c3)CC12. The van der Waals surface area contributed by atoms with Crippen LogP contribution in [0.25, 0.3) is 5.69 Å². The summed E-state index contributed by atoms with van der Waals surface area (Å²) in [4.78, 5) is 14.6. The molecule has 3 unspecified atom stereocenters. The Balaban J connectivity index is 0.00000182. The average molecular weight is 402 g/mol. The van der Waals surface area contributed by atoms with Crippen LogP contribution in [0.5, 0.6) is 0 Å². The second-order valence-corrected chi connectivity index (χ2v) is 7.49. The van der Waals surface area contributed by atoms with Crippen molar-refractivity contribution in [2.45, 2.75) is 18.9 Å². The second kappa shape index (κ2) is 7.16. The third-order valence-corrected chi connectivity index (χ3v) is 5.72. The molecule has 1 amide bonds. The third-order valence-electron chi connectivity index (χ3n) is 5.19. The lowest BCUT2D eigenvalue weighted by molar-refractivity contribution is 0.0779. The Bertz CT molecular complexity index is 794. The third kappa shape index (κ3) is 3.38. The van der Waals surface area contributed by atoms with Crippen LogP contribution in [0.2, 0.25) is 10.0 Å². The summed E-state index contributed by atoms with van der Waals surface area (Å²) in [6, 6.07) is 5.41. The molecule has 2 aromatic rings. The van der Waals surface area contributed by atoms with E-state index in [1.165, 1.54) is 0 Å². The molecule has 0 bridgehead atoms. The van der Waals surface area contributed by atoms with Gasteiger partial charge in [-0.1, -0.05) is 23.2 Å². The van der Waals surface area contributed by atoms with E-state index in [4.69, 9.17) is 28.9 Å². The van der Waals surface area contributed by atoms with E-state index in [1.807, 2.05) is 4.90 Å². The van der Waals surface area contributed by atoms with Crippen molar-refractivity contribution in [2.24, 2.45) is 17.6 Å². The molecule has 0 radical (unpaired) electrons. The summed E-state index contributed by atoms with van der Waals surface area (Å²) in [6.07, 6.45) is 5.49. The molecular formula is C17H19Cl3N4O. The Morgan fingerprint density at radius 2 is 2.04 bits per heavy atom. The second-order valence-electron chi connectivity index (χ2n) is 6.64. The van der Waals surface area contributed by atoms with E-state index in [1.54, 1.807) is 35.3 Å². The zero-order valence-corrected chi connectivity index (χ0v) is 15.8. The van der Waals surface area contributed by atoms with Crippen LogP contribution in [-0.2, 0) is 0 Å². The highest BCUT2D eigenvalue weighted by Gasteiger charge is 2.42. The Kier molecular flexibility index (Phi) is 5.30. The van der Waals surface area contributed by atoms with Crippen molar-refractivity contribution in [3.05, 3.63) is 46.2 Å². The first-order valence-electron chi connectivity index (χ1n) is 8.08. The number of carbonyl (C=O) groups is 1. The van der Waals surface area contributed by atoms with Crippen LogP contribution in [0.4, 0.5) is 0 Å². The van der Waals surface area contributed by atoms with Gasteiger partial charge in [0.25, 0.3) is 5.91 Å². The zero-order chi connectivity index (χ0) is 16.8. The quantitative estimate of drug-likeness (QED) is 0.838. The standard InChI is InChI=1S/C17H18Cl2N4O.ClH/c18-12-2-4-16(14(19)5-12)23-8-11(6-21-23)17(24)22-7-10-1-3-15(20)13(10)9-22;/h2,4-6,8,10,13,15H,1,3,7,9,20H2;1H. The summed E-state index contributed by atoms with van der Waals surface area (Å²) in [5.41, 5.74) is 7.41. The lowest BCUT2D eigenvalue weighted by Gasteiger charge is -2.17. The fourth-order valence-electron chi connectivity index (χ4n) is 3.89. The van der Waals surface area contributed by atoms with Crippen LogP contribution in [0.1, 0.15) is 23.2 Å². The van der Waals surface area contributed by atoms with Crippen LogP contribution >= 0.6 is 35.6 Å². The minimum absolute atomic E-state index is 0. The molecule has 1 aliphatic carbocycles. The smallest absolute Gasteiger partial charge is 0.257 e. The molecule has 2 aliphatic rings. The van der Waals surface area contributed by atoms with Crippen LogP contribution < -0.4 is 5.73 Å². The van der Waals surface area contributed by atoms with Gasteiger partial charge in [-0.2, -0.15) is 5.10 Å². The maximum absolute atomic E-state index is 12.7. The van der Waals surface area contributed by atoms with Crippen LogP contribution in [-0.4, -0.2) is 39.7 Å². The number of aromatic nitrogens is 2. The fourth-order valence-corrected chi connectivity index (χ4v) is 4.38. The summed E-state index contributed by atoms with van der Waals surface area (Å²) < 4.78 is 1.61. The fraction of sp³-hybridized carbons (Fsp3) is 0.412. The number of benzene rings is 1. The van der Waals surface area contributed by atoms with Gasteiger partial charge in [0.2, 0.25) is 0 Å². The molecule has 4 rings (SSSR count). The highest BCUT2D eigenvalue weighted by Crippen LogP contribution is 2.37. The first kappa shape index (κ1) is 18.5. The topological polar surface area (TPSA) is 64.2 Å². The van der Waals surface area contributed by atoms with Crippen molar-refractivity contribution in [1.82, 2.24) is 14.7 Å². The van der Waals surface area contributed by atoms with Gasteiger partial charge in [0.15, 0.2) is 0 Å². The number of fused-ring (bicyclic) bond motifs is 1. The lowest BCUT2D eigenvalue weighted by atomic mass is 9.98. The number of hydrogen-bond acceptors (Lipinski definition) is 3. The van der Waals surface area contributed by atoms with Crippen LogP contribution in [0, 0.1) is 11.8 Å². The number of nitrogens with two attached hydrogens (primary N) is 1. The highest BCUT2D eigenvalue weighted by molar-refractivity contribution is 6.35. The minimum Gasteiger partial charge on any atom is -0.338 e. The predicted molar refractivity (Wildman–Crippen MR) is 101 cm³/mol. The number of likely N-dealkylation sites (tertiary alicyclic amines) is 1. The maximum atomic E-state index is 12.7. The van der Waals surface area contributed by atoms with Crippen LogP contribution in [0.3, 0.4) is 0 Å². The van der Waals surface area contributed by atoms with Crippen molar-refractivity contribution in [3.63, 3.8) is 0 Å². The first-order chi connectivity index (χ1) is 11.5. The van der Waals surface area contributed by atoms with Gasteiger partial charge in [-0.3, -0.25) is 4.79 Å². The normalized spacial score (nSPS) is 24.9. The average Bonchev–Trinajstić information content (AvgIpc) is 3.24. The monoisotopic (exact) mass is 400 g/mol. The Hall–Kier alpha value is -1.27. The molecular weight excluding hydrogens is 383 g/mol. The molecule has 2 fully saturated rings. The Morgan fingerprint density at radius 3 is 2.76 bits per heavy atom. The molecule has 5 nitrogen and oxygen atoms in total. The summed E-state index contributed by atoms with van der Waals surface area (Å²) >= 11 is 12.1. The van der Waals surface area contributed by atoms with E-state index in [0.29, 0.717) is 33.1 Å². The molecule has 1 saturated carbocycles. The lowest BCUT2D eigenvalue weighted by Crippen LogP contribution is -2.33. The van der Waals surface area contributed by atoms with Gasteiger partial charge in [0.05, 0.1) is 22.5 Å². The van der Waals surface area contributed by atoms with Gasteiger partial charge in [-0.05, 0) is 42.9 Å². The summed E-state index contributed by atoms with van der Waals surface area (Å²) in [7, 11) is 0. The molecule has 1 aromatic carbocycles. The van der Waals surface area contributed by atoms with Crippen molar-refractivity contribution in [1.29, 1.82) is 0 Å². The molecule has 1 aromatic heterocycles. The summed E-state index contributed by atoms with van der Waals surface area (Å²) in [5.74, 6) is 0.993. The van der Waals surface area contributed by atoms with E-state index >= 15 is 0 Å². The minimum atomic E-state index is 0. The molecule has 1 aliphatic heterocycles. The number of carbonyl (C=O) groups excluding carboxylic acids is 1. The largest absolute Gasteiger partial charge is 0.338 e. The predicted octanol–water partition coefficient (Wildman–Crippen LogP) is 3.41. The Morgan fingerprint density at radius 1 is 1.24 bits per heavy atom. The number of nitrogens with zero attached hydrogens (tertiary/aromatic N) is 3. The van der Waals surface area contributed by atoms with E-state index in [9.17, 15) is 4.79 Å².